The summed E-state index contributed by atoms with van der Waals surface area (Å²) in [5, 5.41) is 1.31. The first-order valence-corrected chi connectivity index (χ1v) is 6.66. The fourth-order valence-corrected chi connectivity index (χ4v) is 3.69. The first-order chi connectivity index (χ1) is 6.76. The highest BCUT2D eigenvalue weighted by molar-refractivity contribution is 9.10. The number of fused-ring (bicyclic) bond motifs is 1. The van der Waals surface area contributed by atoms with E-state index in [2.05, 4.69) is 41.1 Å². The van der Waals surface area contributed by atoms with Crippen LogP contribution in [-0.2, 0) is 12.3 Å². The first kappa shape index (κ1) is 10.5. The van der Waals surface area contributed by atoms with Crippen LogP contribution in [0.4, 0.5) is 0 Å². The van der Waals surface area contributed by atoms with Gasteiger partial charge in [0.1, 0.15) is 0 Å². The molecule has 1 heterocycles. The van der Waals surface area contributed by atoms with Crippen molar-refractivity contribution in [1.82, 2.24) is 0 Å². The Morgan fingerprint density at radius 1 is 1.43 bits per heavy atom. The maximum Gasteiger partial charge on any atom is 0.0568 e. The van der Waals surface area contributed by atoms with Gasteiger partial charge >= 0.3 is 0 Å². The number of aryl methyl sites for hydroxylation is 1. The second kappa shape index (κ2) is 4.21. The maximum absolute atomic E-state index is 5.83. The molecular weight excluding hydrogens is 280 g/mol. The van der Waals surface area contributed by atoms with Gasteiger partial charge < -0.3 is 0 Å². The van der Waals surface area contributed by atoms with E-state index in [0.717, 1.165) is 6.42 Å². The summed E-state index contributed by atoms with van der Waals surface area (Å²) in [5.41, 5.74) is 1.39. The van der Waals surface area contributed by atoms with Crippen LogP contribution < -0.4 is 0 Å². The van der Waals surface area contributed by atoms with Crippen molar-refractivity contribution in [2.75, 3.05) is 0 Å². The van der Waals surface area contributed by atoms with Crippen molar-refractivity contribution >= 4 is 49.0 Å². The van der Waals surface area contributed by atoms with Crippen LogP contribution in [0.15, 0.2) is 22.7 Å². The number of hydrogen-bond donors (Lipinski definition) is 0. The standard InChI is InChI=1S/C11H10BrClS/c1-2-9-10(12)4-3-7-5-8(6-13)14-11(7)9/h3-5H,2,6H2,1H3. The average Bonchev–Trinajstić information content (AvgIpc) is 2.60. The van der Waals surface area contributed by atoms with E-state index in [9.17, 15) is 0 Å². The molecule has 1 aromatic carbocycles. The van der Waals surface area contributed by atoms with Gasteiger partial charge in [0, 0.05) is 14.0 Å². The summed E-state index contributed by atoms with van der Waals surface area (Å²) in [4.78, 5) is 1.24. The molecule has 2 rings (SSSR count). The van der Waals surface area contributed by atoms with E-state index in [4.69, 9.17) is 11.6 Å². The number of rotatable bonds is 2. The fourth-order valence-electron chi connectivity index (χ4n) is 1.59. The minimum atomic E-state index is 0.611. The van der Waals surface area contributed by atoms with E-state index in [-0.39, 0.29) is 0 Å². The summed E-state index contributed by atoms with van der Waals surface area (Å²) in [7, 11) is 0. The predicted octanol–water partition coefficient (Wildman–Crippen LogP) is 4.97. The summed E-state index contributed by atoms with van der Waals surface area (Å²) in [6, 6.07) is 6.44. The average molecular weight is 290 g/mol. The zero-order valence-corrected chi connectivity index (χ0v) is 11.0. The second-order valence-electron chi connectivity index (χ2n) is 3.14. The first-order valence-electron chi connectivity index (χ1n) is 4.52. The van der Waals surface area contributed by atoms with E-state index in [1.54, 1.807) is 11.3 Å². The number of hydrogen-bond acceptors (Lipinski definition) is 1. The molecule has 0 N–H and O–H groups in total. The van der Waals surface area contributed by atoms with Crippen molar-refractivity contribution in [1.29, 1.82) is 0 Å². The van der Waals surface area contributed by atoms with Gasteiger partial charge in [0.2, 0.25) is 0 Å². The zero-order valence-electron chi connectivity index (χ0n) is 7.81. The number of benzene rings is 1. The van der Waals surface area contributed by atoms with Gasteiger partial charge in [0.05, 0.1) is 5.88 Å². The second-order valence-corrected chi connectivity index (χ2v) is 5.40. The number of halogens is 2. The Morgan fingerprint density at radius 3 is 2.86 bits per heavy atom. The molecule has 0 saturated heterocycles. The summed E-state index contributed by atoms with van der Waals surface area (Å²) < 4.78 is 2.58. The molecule has 0 fully saturated rings. The highest BCUT2D eigenvalue weighted by Gasteiger charge is 2.07. The molecule has 0 radical (unpaired) electrons. The van der Waals surface area contributed by atoms with Crippen LogP contribution in [0.5, 0.6) is 0 Å². The van der Waals surface area contributed by atoms with Crippen LogP contribution in [0.2, 0.25) is 0 Å². The van der Waals surface area contributed by atoms with Crippen LogP contribution in [-0.4, -0.2) is 0 Å². The van der Waals surface area contributed by atoms with Crippen molar-refractivity contribution in [2.24, 2.45) is 0 Å². The summed E-state index contributed by atoms with van der Waals surface area (Å²) in [6.45, 7) is 2.18. The van der Waals surface area contributed by atoms with Gasteiger partial charge in [-0.2, -0.15) is 0 Å². The third kappa shape index (κ3) is 1.71. The molecule has 0 aliphatic heterocycles. The fraction of sp³-hybridized carbons (Fsp3) is 0.273. The van der Waals surface area contributed by atoms with Gasteiger partial charge in [0.15, 0.2) is 0 Å². The molecular formula is C11H10BrClS. The molecule has 0 spiro atoms. The van der Waals surface area contributed by atoms with Gasteiger partial charge in [0.25, 0.3) is 0 Å². The van der Waals surface area contributed by atoms with Gasteiger partial charge in [-0.1, -0.05) is 28.9 Å². The van der Waals surface area contributed by atoms with Gasteiger partial charge in [-0.3, -0.25) is 0 Å². The summed E-state index contributed by atoms with van der Waals surface area (Å²) >= 11 is 11.2. The van der Waals surface area contributed by atoms with Crippen LogP contribution in [0.3, 0.4) is 0 Å². The van der Waals surface area contributed by atoms with E-state index >= 15 is 0 Å². The molecule has 0 saturated carbocycles. The smallest absolute Gasteiger partial charge is 0.0568 e. The normalized spacial score (nSPS) is 11.1. The van der Waals surface area contributed by atoms with E-state index < -0.39 is 0 Å². The lowest BCUT2D eigenvalue weighted by Crippen LogP contribution is -1.81. The van der Waals surface area contributed by atoms with Gasteiger partial charge in [-0.05, 0) is 29.5 Å². The third-order valence-corrected chi connectivity index (χ3v) is 4.67. The minimum Gasteiger partial charge on any atom is -0.139 e. The molecule has 74 valence electrons. The lowest BCUT2D eigenvalue weighted by Gasteiger charge is -2.01. The Bertz CT molecular complexity index is 462. The Labute approximate surface area is 101 Å². The molecule has 14 heavy (non-hydrogen) atoms. The van der Waals surface area contributed by atoms with E-state index in [1.165, 1.54) is 25.0 Å². The van der Waals surface area contributed by atoms with Crippen LogP contribution in [0.25, 0.3) is 10.1 Å². The van der Waals surface area contributed by atoms with Crippen molar-refractivity contribution in [3.63, 3.8) is 0 Å². The molecule has 3 heteroatoms. The Kier molecular flexibility index (Phi) is 3.15. The predicted molar refractivity (Wildman–Crippen MR) is 68.5 cm³/mol. The van der Waals surface area contributed by atoms with Crippen molar-refractivity contribution < 1.29 is 0 Å². The van der Waals surface area contributed by atoms with Crippen LogP contribution >= 0.6 is 38.9 Å². The van der Waals surface area contributed by atoms with Crippen LogP contribution in [0, 0.1) is 0 Å². The Morgan fingerprint density at radius 2 is 2.21 bits per heavy atom. The molecule has 0 atom stereocenters. The largest absolute Gasteiger partial charge is 0.139 e. The molecule has 0 unspecified atom stereocenters. The minimum absolute atomic E-state index is 0.611. The number of alkyl halides is 1. The Balaban J connectivity index is 2.73. The van der Waals surface area contributed by atoms with Gasteiger partial charge in [-0.15, -0.1) is 22.9 Å². The van der Waals surface area contributed by atoms with E-state index in [0.29, 0.717) is 5.88 Å². The Hall–Kier alpha value is -0.0500. The summed E-state index contributed by atoms with van der Waals surface area (Å²) in [5.74, 6) is 0.611. The molecule has 0 nitrogen and oxygen atoms in total. The zero-order chi connectivity index (χ0) is 10.1. The monoisotopic (exact) mass is 288 g/mol. The maximum atomic E-state index is 5.83. The lowest BCUT2D eigenvalue weighted by atomic mass is 10.1. The number of thiophene rings is 1. The molecule has 0 aliphatic rings. The van der Waals surface area contributed by atoms with E-state index in [1.807, 2.05) is 0 Å². The molecule has 1 aromatic heterocycles. The third-order valence-electron chi connectivity index (χ3n) is 2.27. The summed E-state index contributed by atoms with van der Waals surface area (Å²) in [6.07, 6.45) is 1.06. The van der Waals surface area contributed by atoms with Gasteiger partial charge in [-0.25, -0.2) is 0 Å². The lowest BCUT2D eigenvalue weighted by molar-refractivity contribution is 1.15. The quantitative estimate of drug-likeness (QED) is 0.685. The van der Waals surface area contributed by atoms with Crippen LogP contribution in [0.1, 0.15) is 17.4 Å². The van der Waals surface area contributed by atoms with Crippen molar-refractivity contribution in [2.45, 2.75) is 19.2 Å². The molecule has 2 aromatic rings. The highest BCUT2D eigenvalue weighted by Crippen LogP contribution is 2.34. The van der Waals surface area contributed by atoms with Crippen molar-refractivity contribution in [3.8, 4) is 0 Å². The SMILES string of the molecule is CCc1c(Br)ccc2cc(CCl)sc12. The molecule has 0 bridgehead atoms. The molecule has 0 amide bonds. The van der Waals surface area contributed by atoms with Crippen molar-refractivity contribution in [3.05, 3.63) is 33.1 Å². The topological polar surface area (TPSA) is 0 Å². The molecule has 0 aliphatic carbocycles. The highest BCUT2D eigenvalue weighted by atomic mass is 79.9.